The zero-order valence-corrected chi connectivity index (χ0v) is 24.0. The molecule has 5 aromatic rings. The molecule has 2 aliphatic carbocycles. The standard InChI is InChI=1S/C34H34N4OS/c1-23-15-16-27(24(2)19-23)22-40-33-36-35-32-37(21-25-11-5-3-6-12-25)31(39)29-30(38(32)33)28-14-8-7-13-26(28)20-34(29)17-9-4-10-18-34/h3,5-8,11-16,19H,4,9-10,17-18,20-22H2,1-2H3. The molecule has 0 bridgehead atoms. The smallest absolute Gasteiger partial charge is 0.259 e. The van der Waals surface area contributed by atoms with E-state index in [2.05, 4.69) is 72.8 Å². The quantitative estimate of drug-likeness (QED) is 0.218. The van der Waals surface area contributed by atoms with E-state index in [1.807, 2.05) is 22.8 Å². The topological polar surface area (TPSA) is 52.2 Å². The molecule has 1 spiro atoms. The van der Waals surface area contributed by atoms with Gasteiger partial charge in [-0.25, -0.2) is 0 Å². The lowest BCUT2D eigenvalue weighted by Crippen LogP contribution is -2.43. The molecule has 6 heteroatoms. The first-order chi connectivity index (χ1) is 19.5. The van der Waals surface area contributed by atoms with Gasteiger partial charge in [0, 0.05) is 22.3 Å². The summed E-state index contributed by atoms with van der Waals surface area (Å²) in [5.74, 6) is 1.42. The molecule has 0 radical (unpaired) electrons. The number of thioether (sulfide) groups is 1. The van der Waals surface area contributed by atoms with Gasteiger partial charge in [0.2, 0.25) is 5.78 Å². The van der Waals surface area contributed by atoms with Gasteiger partial charge in [-0.2, -0.15) is 0 Å². The Morgan fingerprint density at radius 1 is 0.900 bits per heavy atom. The van der Waals surface area contributed by atoms with Gasteiger partial charge in [-0.15, -0.1) is 10.2 Å². The molecule has 0 atom stereocenters. The summed E-state index contributed by atoms with van der Waals surface area (Å²) in [6.07, 6.45) is 6.59. The minimum absolute atomic E-state index is 0.0982. The van der Waals surface area contributed by atoms with Gasteiger partial charge >= 0.3 is 0 Å². The second kappa shape index (κ2) is 10.1. The zero-order valence-electron chi connectivity index (χ0n) is 23.2. The van der Waals surface area contributed by atoms with Gasteiger partial charge in [0.05, 0.1) is 12.2 Å². The maximum absolute atomic E-state index is 14.7. The lowest BCUT2D eigenvalue weighted by Gasteiger charge is -2.42. The van der Waals surface area contributed by atoms with Crippen LogP contribution in [0.4, 0.5) is 0 Å². The van der Waals surface area contributed by atoms with E-state index in [1.54, 1.807) is 11.8 Å². The molecule has 7 rings (SSSR count). The molecule has 0 aliphatic heterocycles. The number of benzene rings is 3. The van der Waals surface area contributed by atoms with Crippen molar-refractivity contribution in [2.75, 3.05) is 0 Å². The highest BCUT2D eigenvalue weighted by Gasteiger charge is 2.44. The number of rotatable bonds is 5. The minimum Gasteiger partial charge on any atom is -0.272 e. The summed E-state index contributed by atoms with van der Waals surface area (Å²) >= 11 is 1.71. The first-order valence-electron chi connectivity index (χ1n) is 14.4. The number of fused-ring (bicyclic) bond motifs is 6. The van der Waals surface area contributed by atoms with E-state index in [9.17, 15) is 4.79 Å². The highest BCUT2D eigenvalue weighted by atomic mass is 32.2. The molecular formula is C34H34N4OS. The summed E-state index contributed by atoms with van der Waals surface area (Å²) in [5, 5.41) is 10.3. The Hall–Kier alpha value is -3.64. The van der Waals surface area contributed by atoms with E-state index in [-0.39, 0.29) is 11.0 Å². The predicted molar refractivity (Wildman–Crippen MR) is 162 cm³/mol. The van der Waals surface area contributed by atoms with Crippen LogP contribution in [-0.4, -0.2) is 19.2 Å². The van der Waals surface area contributed by atoms with Gasteiger partial charge in [-0.3, -0.25) is 13.8 Å². The molecule has 0 saturated heterocycles. The summed E-state index contributed by atoms with van der Waals surface area (Å²) in [6, 6.07) is 25.5. The maximum atomic E-state index is 14.7. The van der Waals surface area contributed by atoms with Crippen molar-refractivity contribution in [3.05, 3.63) is 117 Å². The fraction of sp³-hybridized carbons (Fsp3) is 0.324. The van der Waals surface area contributed by atoms with Crippen molar-refractivity contribution in [3.8, 4) is 11.3 Å². The summed E-state index contributed by atoms with van der Waals surface area (Å²) in [6.45, 7) is 4.79. The molecule has 2 heterocycles. The first-order valence-corrected chi connectivity index (χ1v) is 15.4. The predicted octanol–water partition coefficient (Wildman–Crippen LogP) is 7.27. The Labute approximate surface area is 239 Å². The summed E-state index contributed by atoms with van der Waals surface area (Å²) < 4.78 is 4.09. The molecule has 0 N–H and O–H groups in total. The molecule has 0 amide bonds. The SMILES string of the molecule is Cc1ccc(CSc2nnc3n(Cc4ccccc4)c(=O)c4c(n23)-c2ccccc2CC42CCCCC2)c(C)c1. The van der Waals surface area contributed by atoms with Gasteiger partial charge in [0.25, 0.3) is 5.56 Å². The van der Waals surface area contributed by atoms with Crippen molar-refractivity contribution in [2.24, 2.45) is 0 Å². The Balaban J connectivity index is 1.48. The van der Waals surface area contributed by atoms with Crippen LogP contribution in [0.25, 0.3) is 17.0 Å². The van der Waals surface area contributed by atoms with Crippen LogP contribution in [0.3, 0.4) is 0 Å². The summed E-state index contributed by atoms with van der Waals surface area (Å²) in [4.78, 5) is 14.7. The number of hydrogen-bond acceptors (Lipinski definition) is 4. The zero-order chi connectivity index (χ0) is 27.3. The van der Waals surface area contributed by atoms with Crippen molar-refractivity contribution in [1.29, 1.82) is 0 Å². The van der Waals surface area contributed by atoms with Crippen molar-refractivity contribution in [2.45, 2.75) is 75.2 Å². The Bertz CT molecular complexity index is 1780. The van der Waals surface area contributed by atoms with Crippen LogP contribution in [0.15, 0.2) is 82.7 Å². The third-order valence-electron chi connectivity index (χ3n) is 8.96. The number of aromatic nitrogens is 4. The van der Waals surface area contributed by atoms with E-state index in [4.69, 9.17) is 10.2 Å². The molecule has 202 valence electrons. The lowest BCUT2D eigenvalue weighted by atomic mass is 9.62. The van der Waals surface area contributed by atoms with Crippen LogP contribution >= 0.6 is 11.8 Å². The highest BCUT2D eigenvalue weighted by molar-refractivity contribution is 7.98. The summed E-state index contributed by atoms with van der Waals surface area (Å²) in [5.41, 5.74) is 9.36. The molecule has 2 aromatic heterocycles. The van der Waals surface area contributed by atoms with Gasteiger partial charge in [0.15, 0.2) is 5.16 Å². The van der Waals surface area contributed by atoms with Gasteiger partial charge < -0.3 is 0 Å². The maximum Gasteiger partial charge on any atom is 0.259 e. The molecule has 5 nitrogen and oxygen atoms in total. The normalized spacial score (nSPS) is 15.8. The van der Waals surface area contributed by atoms with Crippen LogP contribution in [0.5, 0.6) is 0 Å². The Kier molecular flexibility index (Phi) is 6.38. The summed E-state index contributed by atoms with van der Waals surface area (Å²) in [7, 11) is 0. The van der Waals surface area contributed by atoms with E-state index in [0.29, 0.717) is 12.3 Å². The number of hydrogen-bond donors (Lipinski definition) is 0. The molecule has 1 fully saturated rings. The minimum atomic E-state index is -0.147. The monoisotopic (exact) mass is 546 g/mol. The van der Waals surface area contributed by atoms with Gasteiger partial charge in [-0.1, -0.05) is 109 Å². The second-order valence-electron chi connectivity index (χ2n) is 11.6. The molecule has 0 unspecified atom stereocenters. The Morgan fingerprint density at radius 3 is 2.48 bits per heavy atom. The molecule has 1 saturated carbocycles. The fourth-order valence-electron chi connectivity index (χ4n) is 6.97. The van der Waals surface area contributed by atoms with Crippen LogP contribution in [-0.2, 0) is 24.1 Å². The van der Waals surface area contributed by atoms with Crippen molar-refractivity contribution in [3.63, 3.8) is 0 Å². The first kappa shape index (κ1) is 25.3. The van der Waals surface area contributed by atoms with Crippen LogP contribution in [0.1, 0.15) is 65.5 Å². The average Bonchev–Trinajstić information content (AvgIpc) is 3.39. The Morgan fingerprint density at radius 2 is 1.68 bits per heavy atom. The van der Waals surface area contributed by atoms with Crippen LogP contribution in [0, 0.1) is 13.8 Å². The number of nitrogens with zero attached hydrogens (tertiary/aromatic N) is 4. The lowest BCUT2D eigenvalue weighted by molar-refractivity contribution is 0.283. The van der Waals surface area contributed by atoms with Gasteiger partial charge in [0.1, 0.15) is 0 Å². The average molecular weight is 547 g/mol. The molecule has 40 heavy (non-hydrogen) atoms. The van der Waals surface area contributed by atoms with Crippen molar-refractivity contribution >= 4 is 17.5 Å². The van der Waals surface area contributed by atoms with E-state index in [0.717, 1.165) is 65.4 Å². The fourth-order valence-corrected chi connectivity index (χ4v) is 7.98. The third kappa shape index (κ3) is 4.21. The second-order valence-corrected chi connectivity index (χ2v) is 12.6. The highest BCUT2D eigenvalue weighted by Crippen LogP contribution is 2.49. The van der Waals surface area contributed by atoms with Crippen molar-refractivity contribution < 1.29 is 0 Å². The third-order valence-corrected chi connectivity index (χ3v) is 9.94. The van der Waals surface area contributed by atoms with Crippen LogP contribution < -0.4 is 5.56 Å². The molecular weight excluding hydrogens is 512 g/mol. The molecule has 2 aliphatic rings. The van der Waals surface area contributed by atoms with Crippen molar-refractivity contribution in [1.82, 2.24) is 19.2 Å². The number of aryl methyl sites for hydroxylation is 2. The van der Waals surface area contributed by atoms with Gasteiger partial charge in [-0.05, 0) is 55.4 Å². The van der Waals surface area contributed by atoms with E-state index in [1.165, 1.54) is 28.7 Å². The van der Waals surface area contributed by atoms with E-state index >= 15 is 0 Å². The largest absolute Gasteiger partial charge is 0.272 e. The van der Waals surface area contributed by atoms with E-state index < -0.39 is 0 Å². The van der Waals surface area contributed by atoms with Crippen LogP contribution in [0.2, 0.25) is 0 Å². The molecule has 3 aromatic carbocycles.